The molecule has 1 N–H and O–H groups in total. The number of halogens is 4. The van der Waals surface area contributed by atoms with Gasteiger partial charge < -0.3 is 4.98 Å². The van der Waals surface area contributed by atoms with Gasteiger partial charge in [0.25, 0.3) is 0 Å². The molecule has 1 aromatic heterocycles. The van der Waals surface area contributed by atoms with Crippen molar-refractivity contribution in [1.29, 1.82) is 5.26 Å². The lowest BCUT2D eigenvalue weighted by Crippen LogP contribution is -2.34. The largest absolute Gasteiger partial charge is 0.432 e. The molecule has 2 heterocycles. The minimum Gasteiger partial charge on any atom is -0.338 e. The molecule has 0 radical (unpaired) electrons. The number of benzene rings is 1. The highest BCUT2D eigenvalue weighted by Crippen LogP contribution is 2.31. The maximum absolute atomic E-state index is 13.4. The summed E-state index contributed by atoms with van der Waals surface area (Å²) < 4.78 is 51.5. The van der Waals surface area contributed by atoms with E-state index in [1.54, 1.807) is 6.07 Å². The summed E-state index contributed by atoms with van der Waals surface area (Å²) in [6.45, 7) is 1.87. The Morgan fingerprint density at radius 3 is 2.84 bits per heavy atom. The van der Waals surface area contributed by atoms with E-state index in [0.717, 1.165) is 31.1 Å². The Morgan fingerprint density at radius 1 is 1.36 bits per heavy atom. The summed E-state index contributed by atoms with van der Waals surface area (Å²) in [6, 6.07) is 6.20. The molecule has 0 saturated carbocycles. The molecule has 1 saturated heterocycles. The second kappa shape index (κ2) is 6.84. The van der Waals surface area contributed by atoms with Gasteiger partial charge in [0, 0.05) is 19.0 Å². The minimum absolute atomic E-state index is 0.00749. The van der Waals surface area contributed by atoms with Crippen molar-refractivity contribution in [3.8, 4) is 6.07 Å². The molecule has 2 aromatic rings. The molecule has 0 amide bonds. The Morgan fingerprint density at radius 2 is 2.16 bits per heavy atom. The van der Waals surface area contributed by atoms with E-state index >= 15 is 0 Å². The first kappa shape index (κ1) is 17.4. The van der Waals surface area contributed by atoms with Crippen molar-refractivity contribution in [1.82, 2.24) is 14.9 Å². The molecule has 3 rings (SSSR count). The predicted octanol–water partition coefficient (Wildman–Crippen LogP) is 3.82. The highest BCUT2D eigenvalue weighted by Gasteiger charge is 2.34. The molecule has 4 nitrogen and oxygen atoms in total. The van der Waals surface area contributed by atoms with Crippen LogP contribution in [0.1, 0.15) is 41.4 Å². The lowest BCUT2D eigenvalue weighted by Gasteiger charge is -2.31. The quantitative estimate of drug-likeness (QED) is 0.855. The van der Waals surface area contributed by atoms with Crippen molar-refractivity contribution >= 4 is 0 Å². The zero-order valence-corrected chi connectivity index (χ0v) is 13.3. The van der Waals surface area contributed by atoms with Gasteiger partial charge in [0.2, 0.25) is 0 Å². The molecule has 0 aliphatic carbocycles. The molecule has 1 aliphatic rings. The van der Waals surface area contributed by atoms with Crippen LogP contribution in [0, 0.1) is 17.1 Å². The smallest absolute Gasteiger partial charge is 0.338 e. The second-order valence-electron chi connectivity index (χ2n) is 6.18. The van der Waals surface area contributed by atoms with Gasteiger partial charge in [-0.25, -0.2) is 9.37 Å². The Hall–Kier alpha value is -2.40. The van der Waals surface area contributed by atoms with Gasteiger partial charge >= 0.3 is 6.18 Å². The summed E-state index contributed by atoms with van der Waals surface area (Å²) in [7, 11) is 0. The van der Waals surface area contributed by atoms with Crippen LogP contribution in [0.25, 0.3) is 0 Å². The zero-order valence-electron chi connectivity index (χ0n) is 13.3. The van der Waals surface area contributed by atoms with E-state index < -0.39 is 17.7 Å². The van der Waals surface area contributed by atoms with E-state index in [0.29, 0.717) is 18.9 Å². The van der Waals surface area contributed by atoms with Crippen LogP contribution < -0.4 is 0 Å². The number of H-pyrrole nitrogens is 1. The number of aromatic nitrogens is 2. The summed E-state index contributed by atoms with van der Waals surface area (Å²) in [4.78, 5) is 8.35. The molecule has 132 valence electrons. The van der Waals surface area contributed by atoms with Crippen molar-refractivity contribution in [3.63, 3.8) is 0 Å². The van der Waals surface area contributed by atoms with E-state index in [4.69, 9.17) is 5.26 Å². The molecule has 0 spiro atoms. The Kier molecular flexibility index (Phi) is 4.77. The highest BCUT2D eigenvalue weighted by atomic mass is 19.4. The van der Waals surface area contributed by atoms with Gasteiger partial charge in [0.1, 0.15) is 23.4 Å². The van der Waals surface area contributed by atoms with Gasteiger partial charge in [-0.15, -0.1) is 0 Å². The Bertz CT molecular complexity index is 791. The lowest BCUT2D eigenvalue weighted by atomic mass is 9.97. The maximum Gasteiger partial charge on any atom is 0.432 e. The van der Waals surface area contributed by atoms with Gasteiger partial charge in [0.15, 0.2) is 0 Å². The second-order valence-corrected chi connectivity index (χ2v) is 6.18. The van der Waals surface area contributed by atoms with Crippen molar-refractivity contribution in [2.75, 3.05) is 13.1 Å². The topological polar surface area (TPSA) is 55.7 Å². The van der Waals surface area contributed by atoms with E-state index in [9.17, 15) is 17.6 Å². The SMILES string of the molecule is N#Cc1cc(CN2CCCC(c3ncc(C(F)(F)F)[nH]3)C2)ccc1F. The fourth-order valence-corrected chi connectivity index (χ4v) is 3.13. The number of nitrogens with one attached hydrogen (secondary N) is 1. The third-order valence-electron chi connectivity index (χ3n) is 4.35. The predicted molar refractivity (Wildman–Crippen MR) is 82.0 cm³/mol. The van der Waals surface area contributed by atoms with Gasteiger partial charge in [-0.1, -0.05) is 6.07 Å². The molecular weight excluding hydrogens is 336 g/mol. The normalized spacial score (nSPS) is 18.9. The minimum atomic E-state index is -4.43. The fraction of sp³-hybridized carbons (Fsp3) is 0.412. The number of hydrogen-bond donors (Lipinski definition) is 1. The van der Waals surface area contributed by atoms with Crippen LogP contribution in [-0.4, -0.2) is 28.0 Å². The van der Waals surface area contributed by atoms with Crippen molar-refractivity contribution in [2.45, 2.75) is 31.5 Å². The first-order chi connectivity index (χ1) is 11.9. The summed E-state index contributed by atoms with van der Waals surface area (Å²) >= 11 is 0. The lowest BCUT2D eigenvalue weighted by molar-refractivity contribution is -0.141. The molecule has 1 fully saturated rings. The summed E-state index contributed by atoms with van der Waals surface area (Å²) in [5.41, 5.74) is -0.0437. The van der Waals surface area contributed by atoms with Crippen LogP contribution in [0.4, 0.5) is 17.6 Å². The third kappa shape index (κ3) is 3.99. The van der Waals surface area contributed by atoms with Crippen LogP contribution in [0.2, 0.25) is 0 Å². The number of aromatic amines is 1. The Labute approximate surface area is 142 Å². The first-order valence-electron chi connectivity index (χ1n) is 7.90. The highest BCUT2D eigenvalue weighted by molar-refractivity contribution is 5.34. The molecule has 25 heavy (non-hydrogen) atoms. The van der Waals surface area contributed by atoms with Gasteiger partial charge in [-0.3, -0.25) is 4.90 Å². The number of nitriles is 1. The molecular formula is C17H16F4N4. The number of imidazole rings is 1. The first-order valence-corrected chi connectivity index (χ1v) is 7.90. The van der Waals surface area contributed by atoms with E-state index in [2.05, 4.69) is 14.9 Å². The van der Waals surface area contributed by atoms with Crippen molar-refractivity contribution in [2.24, 2.45) is 0 Å². The summed E-state index contributed by atoms with van der Waals surface area (Å²) in [6.07, 6.45) is -2.01. The number of likely N-dealkylation sites (tertiary alicyclic amines) is 1. The Balaban J connectivity index is 1.69. The third-order valence-corrected chi connectivity index (χ3v) is 4.35. The number of hydrogen-bond acceptors (Lipinski definition) is 3. The molecule has 1 atom stereocenters. The maximum atomic E-state index is 13.4. The number of nitrogens with zero attached hydrogens (tertiary/aromatic N) is 3. The number of rotatable bonds is 3. The van der Waals surface area contributed by atoms with Crippen LogP contribution in [0.15, 0.2) is 24.4 Å². The summed E-state index contributed by atoms with van der Waals surface area (Å²) in [5.74, 6) is -0.326. The number of piperidine rings is 1. The van der Waals surface area contributed by atoms with Crippen LogP contribution in [-0.2, 0) is 12.7 Å². The molecule has 8 heteroatoms. The van der Waals surface area contributed by atoms with Gasteiger partial charge in [-0.05, 0) is 37.1 Å². The van der Waals surface area contributed by atoms with Crippen LogP contribution in [0.3, 0.4) is 0 Å². The van der Waals surface area contributed by atoms with Crippen molar-refractivity contribution < 1.29 is 17.6 Å². The molecule has 1 unspecified atom stereocenters. The van der Waals surface area contributed by atoms with Crippen LogP contribution >= 0.6 is 0 Å². The fourth-order valence-electron chi connectivity index (χ4n) is 3.13. The van der Waals surface area contributed by atoms with E-state index in [1.165, 1.54) is 12.1 Å². The number of alkyl halides is 3. The molecule has 1 aromatic carbocycles. The average molecular weight is 352 g/mol. The average Bonchev–Trinajstić information content (AvgIpc) is 3.07. The van der Waals surface area contributed by atoms with Gasteiger partial charge in [-0.2, -0.15) is 18.4 Å². The molecule has 0 bridgehead atoms. The summed E-state index contributed by atoms with van der Waals surface area (Å²) in [5, 5.41) is 8.90. The van der Waals surface area contributed by atoms with E-state index in [1.807, 2.05) is 6.07 Å². The monoisotopic (exact) mass is 352 g/mol. The standard InChI is InChI=1S/C17H16F4N4/c18-14-4-3-11(6-13(14)7-22)9-25-5-1-2-12(10-25)16-23-8-15(24-16)17(19,20)21/h3-4,6,8,12H,1-2,5,9-10H2,(H,23,24). The van der Waals surface area contributed by atoms with Crippen molar-refractivity contribution in [3.05, 3.63) is 52.9 Å². The van der Waals surface area contributed by atoms with E-state index in [-0.39, 0.29) is 11.5 Å². The van der Waals surface area contributed by atoms with Gasteiger partial charge in [0.05, 0.1) is 11.8 Å². The molecule has 1 aliphatic heterocycles. The van der Waals surface area contributed by atoms with Crippen LogP contribution in [0.5, 0.6) is 0 Å². The zero-order chi connectivity index (χ0) is 18.0.